The standard InChI is InChI=1S/C9H7Cl2F/c1-6(10)4-7-2-3-8(11)9(12)5-7/h2-3,5H,1,4H2. The molecule has 0 saturated heterocycles. The molecule has 0 aliphatic rings. The normalized spacial score (nSPS) is 9.92. The van der Waals surface area contributed by atoms with Crippen molar-refractivity contribution < 1.29 is 4.39 Å². The molecule has 3 heteroatoms. The van der Waals surface area contributed by atoms with Crippen LogP contribution in [0, 0.1) is 5.82 Å². The maximum Gasteiger partial charge on any atom is 0.142 e. The van der Waals surface area contributed by atoms with E-state index in [2.05, 4.69) is 6.58 Å². The maximum atomic E-state index is 12.8. The van der Waals surface area contributed by atoms with Crippen LogP contribution in [0.15, 0.2) is 29.8 Å². The Morgan fingerprint density at radius 1 is 1.50 bits per heavy atom. The molecule has 1 aromatic rings. The Bertz CT molecular complexity index is 307. The van der Waals surface area contributed by atoms with Crippen molar-refractivity contribution in [3.8, 4) is 0 Å². The highest BCUT2D eigenvalue weighted by Gasteiger charge is 2.00. The van der Waals surface area contributed by atoms with Gasteiger partial charge in [0.15, 0.2) is 0 Å². The Labute approximate surface area is 80.6 Å². The number of hydrogen-bond donors (Lipinski definition) is 0. The summed E-state index contributed by atoms with van der Waals surface area (Å²) >= 11 is 11.0. The zero-order chi connectivity index (χ0) is 9.14. The lowest BCUT2D eigenvalue weighted by Gasteiger charge is -1.99. The first kappa shape index (κ1) is 9.56. The highest BCUT2D eigenvalue weighted by molar-refractivity contribution is 6.30. The molecule has 0 radical (unpaired) electrons. The zero-order valence-corrected chi connectivity index (χ0v) is 7.79. The lowest BCUT2D eigenvalue weighted by molar-refractivity contribution is 0.626. The lowest BCUT2D eigenvalue weighted by atomic mass is 10.1. The van der Waals surface area contributed by atoms with Gasteiger partial charge in [-0.2, -0.15) is 0 Å². The second-order valence-corrected chi connectivity index (χ2v) is 3.38. The fourth-order valence-electron chi connectivity index (χ4n) is 0.871. The van der Waals surface area contributed by atoms with Crippen LogP contribution in [0.5, 0.6) is 0 Å². The molecule has 64 valence electrons. The average Bonchev–Trinajstić information content (AvgIpc) is 1.96. The monoisotopic (exact) mass is 204 g/mol. The zero-order valence-electron chi connectivity index (χ0n) is 6.28. The molecular weight excluding hydrogens is 198 g/mol. The molecule has 0 saturated carbocycles. The molecule has 0 aromatic heterocycles. The van der Waals surface area contributed by atoms with Crippen molar-refractivity contribution in [1.29, 1.82) is 0 Å². The van der Waals surface area contributed by atoms with E-state index in [1.165, 1.54) is 12.1 Å². The van der Waals surface area contributed by atoms with Crippen LogP contribution < -0.4 is 0 Å². The molecule has 0 spiro atoms. The number of halogens is 3. The fourth-order valence-corrected chi connectivity index (χ4v) is 1.14. The summed E-state index contributed by atoms with van der Waals surface area (Å²) in [5.41, 5.74) is 0.775. The summed E-state index contributed by atoms with van der Waals surface area (Å²) in [4.78, 5) is 0. The van der Waals surface area contributed by atoms with Gasteiger partial charge in [-0.05, 0) is 17.7 Å². The van der Waals surface area contributed by atoms with E-state index in [-0.39, 0.29) is 5.02 Å². The van der Waals surface area contributed by atoms with Crippen LogP contribution in [-0.2, 0) is 6.42 Å². The van der Waals surface area contributed by atoms with Crippen LogP contribution in [-0.4, -0.2) is 0 Å². The largest absolute Gasteiger partial charge is 0.205 e. The second-order valence-electron chi connectivity index (χ2n) is 2.44. The van der Waals surface area contributed by atoms with Gasteiger partial charge in [0.05, 0.1) is 5.02 Å². The van der Waals surface area contributed by atoms with E-state index in [1.807, 2.05) is 0 Å². The number of allylic oxidation sites excluding steroid dienone is 1. The minimum absolute atomic E-state index is 0.124. The topological polar surface area (TPSA) is 0 Å². The van der Waals surface area contributed by atoms with E-state index < -0.39 is 5.82 Å². The first-order valence-corrected chi connectivity index (χ1v) is 4.12. The molecule has 0 heterocycles. The molecule has 0 fully saturated rings. The minimum Gasteiger partial charge on any atom is -0.205 e. The Balaban J connectivity index is 2.89. The molecular formula is C9H7Cl2F. The molecule has 1 rings (SSSR count). The summed E-state index contributed by atoms with van der Waals surface area (Å²) in [6.45, 7) is 3.51. The van der Waals surface area contributed by atoms with Crippen molar-refractivity contribution in [2.45, 2.75) is 6.42 Å². The molecule has 0 amide bonds. The predicted molar refractivity (Wildman–Crippen MR) is 50.1 cm³/mol. The van der Waals surface area contributed by atoms with Crippen molar-refractivity contribution in [2.75, 3.05) is 0 Å². The van der Waals surface area contributed by atoms with Gasteiger partial charge in [-0.15, -0.1) is 0 Å². The SMILES string of the molecule is C=C(Cl)Cc1ccc(Cl)c(F)c1. The first-order chi connectivity index (χ1) is 5.59. The maximum absolute atomic E-state index is 12.8. The summed E-state index contributed by atoms with van der Waals surface area (Å²) in [7, 11) is 0. The van der Waals surface area contributed by atoms with Crippen LogP contribution in [0.3, 0.4) is 0 Å². The van der Waals surface area contributed by atoms with Gasteiger partial charge in [-0.1, -0.05) is 35.8 Å². The van der Waals surface area contributed by atoms with E-state index in [1.54, 1.807) is 6.07 Å². The highest BCUT2D eigenvalue weighted by Crippen LogP contribution is 2.17. The van der Waals surface area contributed by atoms with Gasteiger partial charge in [0.2, 0.25) is 0 Å². The quantitative estimate of drug-likeness (QED) is 0.689. The lowest BCUT2D eigenvalue weighted by Crippen LogP contribution is -1.86. The van der Waals surface area contributed by atoms with Crippen LogP contribution in [0.4, 0.5) is 4.39 Å². The minimum atomic E-state index is -0.424. The van der Waals surface area contributed by atoms with Crippen LogP contribution >= 0.6 is 23.2 Å². The Morgan fingerprint density at radius 2 is 2.17 bits per heavy atom. The number of hydrogen-bond acceptors (Lipinski definition) is 0. The van der Waals surface area contributed by atoms with E-state index in [0.29, 0.717) is 11.5 Å². The van der Waals surface area contributed by atoms with Gasteiger partial charge >= 0.3 is 0 Å². The van der Waals surface area contributed by atoms with Gasteiger partial charge < -0.3 is 0 Å². The summed E-state index contributed by atoms with van der Waals surface area (Å²) < 4.78 is 12.8. The van der Waals surface area contributed by atoms with E-state index in [9.17, 15) is 4.39 Å². The van der Waals surface area contributed by atoms with Crippen molar-refractivity contribution in [1.82, 2.24) is 0 Å². The molecule has 12 heavy (non-hydrogen) atoms. The third-order valence-corrected chi connectivity index (χ3v) is 1.82. The first-order valence-electron chi connectivity index (χ1n) is 3.37. The van der Waals surface area contributed by atoms with Gasteiger partial charge in [0.25, 0.3) is 0 Å². The van der Waals surface area contributed by atoms with E-state index >= 15 is 0 Å². The smallest absolute Gasteiger partial charge is 0.142 e. The third-order valence-electron chi connectivity index (χ3n) is 1.38. The predicted octanol–water partition coefficient (Wildman–Crippen LogP) is 3.77. The average molecular weight is 205 g/mol. The summed E-state index contributed by atoms with van der Waals surface area (Å²) in [5.74, 6) is -0.424. The number of rotatable bonds is 2. The summed E-state index contributed by atoms with van der Waals surface area (Å²) in [6, 6.07) is 4.58. The highest BCUT2D eigenvalue weighted by atomic mass is 35.5. The van der Waals surface area contributed by atoms with Gasteiger partial charge in [0, 0.05) is 11.5 Å². The van der Waals surface area contributed by atoms with Crippen LogP contribution in [0.1, 0.15) is 5.56 Å². The number of benzene rings is 1. The van der Waals surface area contributed by atoms with E-state index in [4.69, 9.17) is 23.2 Å². The summed E-state index contributed by atoms with van der Waals surface area (Å²) in [6.07, 6.45) is 0.468. The van der Waals surface area contributed by atoms with Crippen molar-refractivity contribution in [3.63, 3.8) is 0 Å². The van der Waals surface area contributed by atoms with Crippen molar-refractivity contribution >= 4 is 23.2 Å². The molecule has 0 N–H and O–H groups in total. The van der Waals surface area contributed by atoms with Gasteiger partial charge in [-0.25, -0.2) is 4.39 Å². The molecule has 0 unspecified atom stereocenters. The molecule has 0 aliphatic carbocycles. The Morgan fingerprint density at radius 3 is 2.67 bits per heavy atom. The second kappa shape index (κ2) is 3.92. The summed E-state index contributed by atoms with van der Waals surface area (Å²) in [5, 5.41) is 0.607. The molecule has 1 aromatic carbocycles. The fraction of sp³-hybridized carbons (Fsp3) is 0.111. The third kappa shape index (κ3) is 2.50. The molecule has 0 atom stereocenters. The molecule has 0 aliphatic heterocycles. The van der Waals surface area contributed by atoms with Gasteiger partial charge in [0.1, 0.15) is 5.82 Å². The molecule has 0 nitrogen and oxygen atoms in total. The van der Waals surface area contributed by atoms with Crippen molar-refractivity contribution in [3.05, 3.63) is 46.2 Å². The van der Waals surface area contributed by atoms with Crippen molar-refractivity contribution in [2.24, 2.45) is 0 Å². The Hall–Kier alpha value is -0.530. The Kier molecular flexibility index (Phi) is 3.12. The molecule has 0 bridgehead atoms. The van der Waals surface area contributed by atoms with Crippen LogP contribution in [0.2, 0.25) is 5.02 Å². The van der Waals surface area contributed by atoms with Crippen LogP contribution in [0.25, 0.3) is 0 Å². The van der Waals surface area contributed by atoms with E-state index in [0.717, 1.165) is 5.56 Å². The van der Waals surface area contributed by atoms with Gasteiger partial charge in [-0.3, -0.25) is 0 Å².